The van der Waals surface area contributed by atoms with Gasteiger partial charge in [0.1, 0.15) is 84.4 Å². The lowest BCUT2D eigenvalue weighted by molar-refractivity contribution is -0.160. The van der Waals surface area contributed by atoms with Gasteiger partial charge in [-0.2, -0.15) is 0 Å². The lowest BCUT2D eigenvalue weighted by atomic mass is 9.94. The number of aromatic nitrogens is 1. The number of hydrogen-bond acceptors (Lipinski definition) is 17. The summed E-state index contributed by atoms with van der Waals surface area (Å²) in [4.78, 5) is 188. The second-order valence-corrected chi connectivity index (χ2v) is 30.4. The number of hydrogen-bond donors (Lipinski definition) is 11. The molecule has 11 amide bonds. The Morgan fingerprint density at radius 2 is 1.01 bits per heavy atom. The van der Waals surface area contributed by atoms with Crippen LogP contribution >= 0.6 is 0 Å². The average molecular weight is 1460 g/mol. The van der Waals surface area contributed by atoms with Gasteiger partial charge in [0, 0.05) is 51.7 Å². The first-order chi connectivity index (χ1) is 48.5. The van der Waals surface area contributed by atoms with Crippen molar-refractivity contribution in [3.8, 4) is 5.75 Å². The largest absolute Gasteiger partial charge is 0.496 e. The third-order valence-corrected chi connectivity index (χ3v) is 19.3. The van der Waals surface area contributed by atoms with E-state index >= 15 is 38.4 Å². The molecule has 0 radical (unpaired) electrons. The molecule has 29 nitrogen and oxygen atoms in total. The van der Waals surface area contributed by atoms with Crippen molar-refractivity contribution in [3.63, 3.8) is 0 Å². The fraction of sp³-hybridized carbons (Fsp3) is 0.653. The van der Waals surface area contributed by atoms with E-state index in [4.69, 9.17) is 9.47 Å². The minimum Gasteiger partial charge on any atom is -0.496 e. The van der Waals surface area contributed by atoms with Crippen LogP contribution in [0.3, 0.4) is 0 Å². The highest BCUT2D eigenvalue weighted by Gasteiger charge is 2.47. The summed E-state index contributed by atoms with van der Waals surface area (Å²) < 4.78 is 11.8. The Bertz CT molecular complexity index is 3470. The molecule has 4 rings (SSSR count). The summed E-state index contributed by atoms with van der Waals surface area (Å²) in [5.41, 5.74) is 1.30. The average Bonchev–Trinajstić information content (AvgIpc) is 1.52. The van der Waals surface area contributed by atoms with Gasteiger partial charge in [0.25, 0.3) is 0 Å². The van der Waals surface area contributed by atoms with Crippen molar-refractivity contribution in [2.45, 2.75) is 228 Å². The number of aliphatic hydroxyl groups excluding tert-OH is 2. The number of benzene rings is 2. The molecule has 29 heteroatoms. The van der Waals surface area contributed by atoms with Gasteiger partial charge in [0.2, 0.25) is 65.0 Å². The predicted octanol–water partition coefficient (Wildman–Crippen LogP) is 2.71. The normalized spacial score (nSPS) is 24.9. The molecule has 1 aliphatic rings. The minimum absolute atomic E-state index is 0.0454. The fourth-order valence-corrected chi connectivity index (χ4v) is 13.0. The van der Waals surface area contributed by atoms with E-state index in [1.807, 2.05) is 13.8 Å². The molecule has 1 saturated heterocycles. The SMILES string of the molecule is CNC(C(=O)NC(C(=O)NC1C(=O)N(C)C(C(C)O)C(=O)NC(C(C)C)C(=O)N(C)C(CC(C)C)C(=O)NC(C(C)C)C(=O)N(C)C(C(C)C)C(=O)N(C)C(Cc2c[nH]c3cccc(OC)c23)C(=O)NC(C(C)C)C(=O)NC(C(O)c2ccccc2)C(=O)NC(C(C)C)C(=O)OC1C)C(C)C)C(C)C. The molecule has 3 aromatic rings. The van der Waals surface area contributed by atoms with Crippen molar-refractivity contribution in [2.75, 3.05) is 42.3 Å². The van der Waals surface area contributed by atoms with E-state index in [-0.39, 0.29) is 30.2 Å². The molecule has 11 N–H and O–H groups in total. The number of H-pyrrole nitrogens is 1. The van der Waals surface area contributed by atoms with E-state index in [2.05, 4.69) is 47.5 Å². The van der Waals surface area contributed by atoms with E-state index in [0.717, 1.165) is 16.8 Å². The van der Waals surface area contributed by atoms with Crippen LogP contribution in [0.15, 0.2) is 54.7 Å². The van der Waals surface area contributed by atoms with Gasteiger partial charge in [-0.05, 0) is 97.9 Å². The molecule has 0 aliphatic carbocycles. The maximum absolute atomic E-state index is 15.5. The molecule has 15 unspecified atom stereocenters. The summed E-state index contributed by atoms with van der Waals surface area (Å²) >= 11 is 0. The molecule has 0 bridgehead atoms. The van der Waals surface area contributed by atoms with Crippen LogP contribution < -0.4 is 47.3 Å². The van der Waals surface area contributed by atoms with Crippen LogP contribution in [0.4, 0.5) is 0 Å². The number of rotatable bonds is 20. The number of ether oxygens (including phenoxy) is 2. The smallest absolute Gasteiger partial charge is 0.329 e. The number of amides is 11. The Kier molecular flexibility index (Phi) is 32.8. The quantitative estimate of drug-likeness (QED) is 0.0725. The highest BCUT2D eigenvalue weighted by atomic mass is 16.5. The molecule has 2 aromatic carbocycles. The Hall–Kier alpha value is -8.70. The van der Waals surface area contributed by atoms with Gasteiger partial charge in [-0.25, -0.2) is 4.79 Å². The summed E-state index contributed by atoms with van der Waals surface area (Å²) in [6, 6.07) is -4.75. The first kappa shape index (κ1) is 87.7. The summed E-state index contributed by atoms with van der Waals surface area (Å²) in [6.07, 6.45) is -3.76. The molecule has 2 heterocycles. The number of aromatic amines is 1. The number of carbonyl (C=O) groups is 12. The van der Waals surface area contributed by atoms with Gasteiger partial charge in [0.05, 0.1) is 19.3 Å². The summed E-state index contributed by atoms with van der Waals surface area (Å²) in [5.74, 6) is -15.1. The van der Waals surface area contributed by atoms with Gasteiger partial charge in [-0.3, -0.25) is 52.7 Å². The van der Waals surface area contributed by atoms with Crippen molar-refractivity contribution < 1.29 is 77.2 Å². The molecule has 104 heavy (non-hydrogen) atoms. The number of esters is 1. The number of fused-ring (bicyclic) bond motifs is 1. The van der Waals surface area contributed by atoms with Crippen LogP contribution in [0.1, 0.15) is 148 Å². The molecule has 580 valence electrons. The number of cyclic esters (lactones) is 1. The van der Waals surface area contributed by atoms with Crippen LogP contribution in [0.2, 0.25) is 0 Å². The zero-order valence-electron chi connectivity index (χ0n) is 65.3. The maximum Gasteiger partial charge on any atom is 0.329 e. The van der Waals surface area contributed by atoms with Crippen molar-refractivity contribution in [1.29, 1.82) is 0 Å². The van der Waals surface area contributed by atoms with E-state index < -0.39 is 197 Å². The van der Waals surface area contributed by atoms with Crippen LogP contribution in [0.25, 0.3) is 10.9 Å². The number of nitrogens with zero attached hydrogens (tertiary/aromatic N) is 4. The second kappa shape index (κ2) is 38.9. The zero-order valence-corrected chi connectivity index (χ0v) is 65.3. The van der Waals surface area contributed by atoms with Crippen molar-refractivity contribution in [3.05, 3.63) is 65.9 Å². The van der Waals surface area contributed by atoms with Crippen molar-refractivity contribution in [1.82, 2.24) is 67.1 Å². The topological polar surface area (TPSA) is 389 Å². The van der Waals surface area contributed by atoms with Crippen LogP contribution in [0, 0.1) is 47.3 Å². The molecular formula is C75H119N13O16. The highest BCUT2D eigenvalue weighted by molar-refractivity contribution is 6.01. The molecule has 1 aromatic heterocycles. The Morgan fingerprint density at radius 3 is 1.51 bits per heavy atom. The van der Waals surface area contributed by atoms with E-state index in [0.29, 0.717) is 22.2 Å². The molecule has 0 saturated carbocycles. The monoisotopic (exact) mass is 1460 g/mol. The van der Waals surface area contributed by atoms with E-state index in [1.165, 1.54) is 64.0 Å². The van der Waals surface area contributed by atoms with Gasteiger partial charge in [0.15, 0.2) is 0 Å². The molecule has 1 aliphatic heterocycles. The zero-order chi connectivity index (χ0) is 79.0. The molecular weight excluding hydrogens is 1340 g/mol. The van der Waals surface area contributed by atoms with Crippen LogP contribution in [-0.4, -0.2) is 233 Å². The lowest BCUT2D eigenvalue weighted by Gasteiger charge is -2.39. The fourth-order valence-electron chi connectivity index (χ4n) is 13.0. The number of likely N-dealkylation sites (N-methyl/N-ethyl adjacent to an activating group) is 5. The first-order valence-corrected chi connectivity index (χ1v) is 36.1. The van der Waals surface area contributed by atoms with Gasteiger partial charge in [-0.1, -0.05) is 147 Å². The Balaban J connectivity index is 2.06. The number of aliphatic hydroxyl groups is 2. The third-order valence-electron chi connectivity index (χ3n) is 19.3. The highest BCUT2D eigenvalue weighted by Crippen LogP contribution is 2.31. The van der Waals surface area contributed by atoms with Crippen LogP contribution in [-0.2, 0) is 68.7 Å². The van der Waals surface area contributed by atoms with Gasteiger partial charge in [-0.15, -0.1) is 0 Å². The molecule has 1 fully saturated rings. The summed E-state index contributed by atoms with van der Waals surface area (Å²) in [7, 11) is 8.36. The lowest BCUT2D eigenvalue weighted by Crippen LogP contribution is -2.65. The van der Waals surface area contributed by atoms with Gasteiger partial charge < -0.3 is 86.8 Å². The van der Waals surface area contributed by atoms with Crippen molar-refractivity contribution in [2.24, 2.45) is 47.3 Å². The standard InChI is InChI=1S/C75H119N13O16/c1-36(2)33-49-64(91)80-57(41(11)12)72(99)87(22)61(43(15)16)74(101)86(21)50(34-47-35-77-48-31-28-32-51(103-24)52(47)48)65(92)78-54(38(5)6)68(95)84-60(63(90)46-29-26-25-27-30-46)69(96)82-58(42(13)14)75(102)104-45(18)59(83-67(94)55(39(7)8)79-66(93)53(76-19)37(3)4)73(100)88(23)62(44(17)89)70(97)81-56(40(9)10)71(98)85(49)20/h25-32,35-45,49-50,53-63,76-77,89-90H,33-34H2,1-24H3,(H,78,92)(H,79,93)(H,80,91)(H,81,97)(H,82,96)(H,83,94)(H,84,95). The van der Waals surface area contributed by atoms with Gasteiger partial charge >= 0.3 is 5.97 Å². The summed E-state index contributed by atoms with van der Waals surface area (Å²) in [5, 5.41) is 46.4. The number of methoxy groups -OCH3 is 1. The van der Waals surface area contributed by atoms with E-state index in [9.17, 15) is 29.4 Å². The minimum atomic E-state index is -1.94. The summed E-state index contributed by atoms with van der Waals surface area (Å²) in [6.45, 7) is 29.3. The van der Waals surface area contributed by atoms with Crippen LogP contribution in [0.5, 0.6) is 5.75 Å². The van der Waals surface area contributed by atoms with E-state index in [1.54, 1.807) is 147 Å². The molecule has 15 atom stereocenters. The molecule has 0 spiro atoms. The second-order valence-electron chi connectivity index (χ2n) is 30.4. The number of carbonyl (C=O) groups excluding carboxylic acids is 12. The van der Waals surface area contributed by atoms with Crippen molar-refractivity contribution >= 4 is 81.9 Å². The first-order valence-electron chi connectivity index (χ1n) is 36.1. The Labute approximate surface area is 613 Å². The Morgan fingerprint density at radius 1 is 0.529 bits per heavy atom. The maximum atomic E-state index is 15.5. The predicted molar refractivity (Wildman–Crippen MR) is 393 cm³/mol. The number of nitrogens with one attached hydrogen (secondary N) is 9. The third kappa shape index (κ3) is 21.9.